The molecule has 0 aromatic heterocycles. The van der Waals surface area contributed by atoms with Crippen molar-refractivity contribution in [2.75, 3.05) is 7.11 Å². The van der Waals surface area contributed by atoms with Gasteiger partial charge in [-0.2, -0.15) is 0 Å². The Kier molecular flexibility index (Phi) is 8.17. The maximum Gasteiger partial charge on any atom is 0.268 e. The molecule has 0 aliphatic heterocycles. The maximum absolute atomic E-state index is 12.8. The summed E-state index contributed by atoms with van der Waals surface area (Å²) in [5, 5.41) is 16.5. The quantitative estimate of drug-likeness (QED) is 0.614. The minimum absolute atomic E-state index is 0.0726. The number of methoxy groups -OCH3 is 1. The molecule has 0 saturated carbocycles. The number of aliphatic carboxylic acids is 1. The summed E-state index contributed by atoms with van der Waals surface area (Å²) in [6.45, 7) is 3.52. The van der Waals surface area contributed by atoms with Crippen molar-refractivity contribution in [1.29, 1.82) is 0 Å². The molecular weight excluding hydrogens is 384 g/mol. The number of nitrogens with one attached hydrogen (secondary N) is 2. The van der Waals surface area contributed by atoms with Gasteiger partial charge in [-0.05, 0) is 41.8 Å². The van der Waals surface area contributed by atoms with E-state index >= 15 is 0 Å². The van der Waals surface area contributed by atoms with Crippen LogP contribution in [0.25, 0.3) is 6.08 Å². The van der Waals surface area contributed by atoms with Gasteiger partial charge in [-0.3, -0.25) is 9.59 Å². The van der Waals surface area contributed by atoms with E-state index in [1.54, 1.807) is 55.5 Å². The van der Waals surface area contributed by atoms with Crippen molar-refractivity contribution in [2.45, 2.75) is 26.3 Å². The van der Waals surface area contributed by atoms with Gasteiger partial charge in [0.2, 0.25) is 0 Å². The van der Waals surface area contributed by atoms with Crippen LogP contribution >= 0.6 is 0 Å². The van der Waals surface area contributed by atoms with Crippen LogP contribution in [0.3, 0.4) is 0 Å². The summed E-state index contributed by atoms with van der Waals surface area (Å²) in [6, 6.07) is 14.1. The van der Waals surface area contributed by atoms with Gasteiger partial charge >= 0.3 is 0 Å². The second kappa shape index (κ2) is 10.8. The van der Waals surface area contributed by atoms with Gasteiger partial charge in [0.1, 0.15) is 11.4 Å². The highest BCUT2D eigenvalue weighted by Gasteiger charge is 2.22. The molecule has 0 aliphatic carbocycles. The highest BCUT2D eigenvalue weighted by molar-refractivity contribution is 6.06. The molecule has 0 unspecified atom stereocenters. The maximum atomic E-state index is 12.8. The molecule has 2 aromatic rings. The number of benzene rings is 2. The Hall–Kier alpha value is -3.61. The van der Waals surface area contributed by atoms with Crippen LogP contribution < -0.4 is 20.5 Å². The molecule has 0 aliphatic rings. The van der Waals surface area contributed by atoms with Crippen LogP contribution in [0.1, 0.15) is 36.2 Å². The zero-order valence-electron chi connectivity index (χ0n) is 17.2. The Morgan fingerprint density at radius 3 is 2.23 bits per heavy atom. The SMILES string of the molecule is CC[C@@H](C)[C@@H](NC(=O)/C(=C\c1ccccc1)NC(=O)c1ccc(OC)cc1)C(=O)[O-]. The van der Waals surface area contributed by atoms with Gasteiger partial charge in [-0.1, -0.05) is 50.6 Å². The third kappa shape index (κ3) is 6.20. The van der Waals surface area contributed by atoms with Crippen LogP contribution in [0, 0.1) is 5.92 Å². The van der Waals surface area contributed by atoms with Gasteiger partial charge in [0.25, 0.3) is 11.8 Å². The van der Waals surface area contributed by atoms with Gasteiger partial charge in [0, 0.05) is 5.56 Å². The lowest BCUT2D eigenvalue weighted by atomic mass is 9.99. The summed E-state index contributed by atoms with van der Waals surface area (Å²) >= 11 is 0. The predicted molar refractivity (Wildman–Crippen MR) is 111 cm³/mol. The molecule has 2 aromatic carbocycles. The molecule has 0 bridgehead atoms. The first-order chi connectivity index (χ1) is 14.3. The van der Waals surface area contributed by atoms with Crippen LogP contribution in [-0.2, 0) is 9.59 Å². The molecule has 0 fully saturated rings. The highest BCUT2D eigenvalue weighted by Crippen LogP contribution is 2.13. The highest BCUT2D eigenvalue weighted by atomic mass is 16.5. The normalized spacial score (nSPS) is 13.1. The van der Waals surface area contributed by atoms with Crippen molar-refractivity contribution in [2.24, 2.45) is 5.92 Å². The number of ether oxygens (including phenoxy) is 1. The molecule has 2 amide bonds. The van der Waals surface area contributed by atoms with E-state index in [4.69, 9.17) is 4.74 Å². The third-order valence-electron chi connectivity index (χ3n) is 4.71. The second-order valence-corrected chi connectivity index (χ2v) is 6.81. The standard InChI is InChI=1S/C23H26N2O5/c1-4-15(2)20(23(28)29)25-22(27)19(14-16-8-6-5-7-9-16)24-21(26)17-10-12-18(30-3)13-11-17/h5-15,20H,4H2,1-3H3,(H,24,26)(H,25,27)(H,28,29)/p-1/b19-14+/t15-,20-/m1/s1. The van der Waals surface area contributed by atoms with Crippen molar-refractivity contribution in [3.8, 4) is 5.75 Å². The van der Waals surface area contributed by atoms with E-state index in [1.807, 2.05) is 13.0 Å². The van der Waals surface area contributed by atoms with Crippen molar-refractivity contribution in [3.63, 3.8) is 0 Å². The zero-order chi connectivity index (χ0) is 22.1. The average molecular weight is 409 g/mol. The summed E-state index contributed by atoms with van der Waals surface area (Å²) in [4.78, 5) is 37.0. The van der Waals surface area contributed by atoms with Gasteiger partial charge in [0.15, 0.2) is 0 Å². The molecule has 30 heavy (non-hydrogen) atoms. The summed E-state index contributed by atoms with van der Waals surface area (Å²) in [5.74, 6) is -2.35. The molecule has 0 heterocycles. The fourth-order valence-corrected chi connectivity index (χ4v) is 2.70. The van der Waals surface area contributed by atoms with Crippen LogP contribution in [0.15, 0.2) is 60.3 Å². The molecule has 7 nitrogen and oxygen atoms in total. The summed E-state index contributed by atoms with van der Waals surface area (Å²) in [6.07, 6.45) is 2.02. The monoisotopic (exact) mass is 409 g/mol. The molecule has 2 rings (SSSR count). The summed E-state index contributed by atoms with van der Waals surface area (Å²) < 4.78 is 5.08. The summed E-state index contributed by atoms with van der Waals surface area (Å²) in [7, 11) is 1.52. The minimum atomic E-state index is -1.38. The largest absolute Gasteiger partial charge is 0.548 e. The second-order valence-electron chi connectivity index (χ2n) is 6.81. The minimum Gasteiger partial charge on any atom is -0.548 e. The lowest BCUT2D eigenvalue weighted by Crippen LogP contribution is -2.52. The molecule has 158 valence electrons. The van der Waals surface area contributed by atoms with Crippen LogP contribution in [0.5, 0.6) is 5.75 Å². The fourth-order valence-electron chi connectivity index (χ4n) is 2.70. The van der Waals surface area contributed by atoms with Crippen molar-refractivity contribution >= 4 is 23.9 Å². The van der Waals surface area contributed by atoms with Crippen molar-refractivity contribution in [1.82, 2.24) is 10.6 Å². The predicted octanol–water partition coefficient (Wildman–Crippen LogP) is 1.75. The van der Waals surface area contributed by atoms with E-state index in [0.717, 1.165) is 0 Å². The smallest absolute Gasteiger partial charge is 0.268 e. The molecule has 2 atom stereocenters. The topological polar surface area (TPSA) is 108 Å². The lowest BCUT2D eigenvalue weighted by Gasteiger charge is -2.25. The number of carbonyl (C=O) groups excluding carboxylic acids is 3. The first-order valence-corrected chi connectivity index (χ1v) is 9.59. The fraction of sp³-hybridized carbons (Fsp3) is 0.261. The average Bonchev–Trinajstić information content (AvgIpc) is 2.76. The van der Waals surface area contributed by atoms with Gasteiger partial charge < -0.3 is 25.3 Å². The Morgan fingerprint density at radius 1 is 1.07 bits per heavy atom. The van der Waals surface area contributed by atoms with Gasteiger partial charge in [-0.15, -0.1) is 0 Å². The number of carbonyl (C=O) groups is 3. The Bertz CT molecular complexity index is 907. The van der Waals surface area contributed by atoms with E-state index < -0.39 is 23.8 Å². The molecular formula is C23H25N2O5-. The van der Waals surface area contributed by atoms with E-state index in [0.29, 0.717) is 23.3 Å². The molecule has 7 heteroatoms. The first kappa shape index (κ1) is 22.7. The van der Waals surface area contributed by atoms with Crippen LogP contribution in [0.4, 0.5) is 0 Å². The number of carboxylic acids is 1. The molecule has 0 radical (unpaired) electrons. The Balaban J connectivity index is 2.30. The van der Waals surface area contributed by atoms with E-state index in [1.165, 1.54) is 13.2 Å². The van der Waals surface area contributed by atoms with E-state index in [9.17, 15) is 19.5 Å². The number of rotatable bonds is 9. The van der Waals surface area contributed by atoms with Crippen molar-refractivity contribution in [3.05, 3.63) is 71.4 Å². The lowest BCUT2D eigenvalue weighted by molar-refractivity contribution is -0.309. The first-order valence-electron chi connectivity index (χ1n) is 9.59. The summed E-state index contributed by atoms with van der Waals surface area (Å²) in [5.41, 5.74) is 0.920. The number of hydrogen-bond donors (Lipinski definition) is 2. The number of carboxylic acid groups (broad SMARTS) is 1. The number of amides is 2. The van der Waals surface area contributed by atoms with Crippen LogP contribution in [0.2, 0.25) is 0 Å². The number of hydrogen-bond acceptors (Lipinski definition) is 5. The van der Waals surface area contributed by atoms with Gasteiger partial charge in [-0.25, -0.2) is 0 Å². The Labute approximate surface area is 175 Å². The van der Waals surface area contributed by atoms with Crippen molar-refractivity contribution < 1.29 is 24.2 Å². The zero-order valence-corrected chi connectivity index (χ0v) is 17.2. The Morgan fingerprint density at radius 2 is 1.70 bits per heavy atom. The van der Waals surface area contributed by atoms with Gasteiger partial charge in [0.05, 0.1) is 19.1 Å². The van der Waals surface area contributed by atoms with Crippen LogP contribution in [-0.4, -0.2) is 30.9 Å². The third-order valence-corrected chi connectivity index (χ3v) is 4.71. The van der Waals surface area contributed by atoms with E-state index in [-0.39, 0.29) is 11.6 Å². The van der Waals surface area contributed by atoms with E-state index in [2.05, 4.69) is 10.6 Å². The molecule has 2 N–H and O–H groups in total. The molecule has 0 spiro atoms. The molecule has 0 saturated heterocycles.